The quantitative estimate of drug-likeness (QED) is 0.0262. The molecule has 6 nitrogen and oxygen atoms in total. The minimum atomic E-state index is -0.800. The Balaban J connectivity index is 4.47. The van der Waals surface area contributed by atoms with E-state index in [2.05, 4.69) is 93.7 Å². The smallest absolute Gasteiger partial charge is 0.306 e. The van der Waals surface area contributed by atoms with Crippen LogP contribution in [-0.2, 0) is 28.6 Å². The predicted molar refractivity (Wildman–Crippen MR) is 288 cm³/mol. The predicted octanol–water partition coefficient (Wildman–Crippen LogP) is 19.0. The number of esters is 3. The van der Waals surface area contributed by atoms with Crippen molar-refractivity contribution in [3.63, 3.8) is 0 Å². The fraction of sp³-hybridized carbons (Fsp3) is 0.754. The fourth-order valence-electron chi connectivity index (χ4n) is 7.88. The number of carbonyl (C=O) groups excluding carboxylic acids is 3. The average molecular weight is 936 g/mol. The van der Waals surface area contributed by atoms with Gasteiger partial charge in [0.1, 0.15) is 13.2 Å². The van der Waals surface area contributed by atoms with Crippen molar-refractivity contribution in [2.45, 2.75) is 284 Å². The van der Waals surface area contributed by atoms with E-state index in [1.165, 1.54) is 154 Å². The van der Waals surface area contributed by atoms with Crippen molar-refractivity contribution in [2.75, 3.05) is 13.2 Å². The van der Waals surface area contributed by atoms with Crippen molar-refractivity contribution in [1.82, 2.24) is 0 Å². The number of hydrogen-bond acceptors (Lipinski definition) is 6. The van der Waals surface area contributed by atoms with Gasteiger partial charge >= 0.3 is 17.9 Å². The molecule has 1 atom stereocenters. The molecule has 0 heterocycles. The summed E-state index contributed by atoms with van der Waals surface area (Å²) in [6, 6.07) is 0. The summed E-state index contributed by atoms with van der Waals surface area (Å²) in [5.74, 6) is -0.951. The minimum absolute atomic E-state index is 0.0935. The van der Waals surface area contributed by atoms with Gasteiger partial charge in [-0.2, -0.15) is 0 Å². The maximum absolute atomic E-state index is 12.8. The molecule has 0 aliphatic heterocycles. The van der Waals surface area contributed by atoms with Crippen LogP contribution in [-0.4, -0.2) is 37.2 Å². The van der Waals surface area contributed by atoms with Gasteiger partial charge in [0.15, 0.2) is 6.10 Å². The lowest BCUT2D eigenvalue weighted by atomic mass is 10.0. The van der Waals surface area contributed by atoms with E-state index in [4.69, 9.17) is 14.2 Å². The molecule has 0 aromatic carbocycles. The number of unbranched alkanes of at least 4 members (excludes halogenated alkanes) is 28. The molecule has 0 N–H and O–H groups in total. The molecule has 0 rings (SSSR count). The van der Waals surface area contributed by atoms with Gasteiger partial charge in [-0.15, -0.1) is 0 Å². The van der Waals surface area contributed by atoms with Gasteiger partial charge in [0.05, 0.1) is 0 Å². The van der Waals surface area contributed by atoms with Gasteiger partial charge in [-0.05, 0) is 89.9 Å². The van der Waals surface area contributed by atoms with Gasteiger partial charge in [-0.1, -0.05) is 241 Å². The van der Waals surface area contributed by atoms with Gasteiger partial charge in [0.2, 0.25) is 0 Å². The third-order valence-electron chi connectivity index (χ3n) is 12.2. The summed E-state index contributed by atoms with van der Waals surface area (Å²) in [5, 5.41) is 0. The lowest BCUT2D eigenvalue weighted by molar-refractivity contribution is -0.167. The van der Waals surface area contributed by atoms with Crippen LogP contribution in [0.2, 0.25) is 0 Å². The van der Waals surface area contributed by atoms with E-state index >= 15 is 0 Å². The summed E-state index contributed by atoms with van der Waals surface area (Å²) >= 11 is 0. The molecule has 0 aromatic rings. The maximum Gasteiger partial charge on any atom is 0.306 e. The second-order valence-electron chi connectivity index (χ2n) is 18.8. The zero-order chi connectivity index (χ0) is 48.6. The Bertz CT molecular complexity index is 1260. The monoisotopic (exact) mass is 935 g/mol. The standard InChI is InChI=1S/C61H106O6/c1-4-7-10-13-16-19-22-25-28-30-33-36-39-42-45-48-51-54-60(63)66-57-58(56-65-59(62)53-50-47-44-41-38-35-32-27-24-21-18-15-12-9-6-3)67-61(64)55-52-49-46-43-40-37-34-31-29-26-23-20-17-14-11-8-5-2/h16-17,19-20,25-26,28-29,33,36,42,45,58H,4-15,18,21-24,27,30-32,34-35,37-41,43-44,46-57H2,1-3H3/b19-16-,20-17-,28-25-,29-26-,36-33-,45-42-/t58-/m1/s1. The maximum atomic E-state index is 12.8. The summed E-state index contributed by atoms with van der Waals surface area (Å²) in [4.78, 5) is 38.1. The second-order valence-corrected chi connectivity index (χ2v) is 18.8. The molecular formula is C61H106O6. The van der Waals surface area contributed by atoms with Gasteiger partial charge in [0.25, 0.3) is 0 Å². The summed E-state index contributed by atoms with van der Waals surface area (Å²) in [6.07, 6.45) is 70.3. The van der Waals surface area contributed by atoms with Crippen LogP contribution in [0.25, 0.3) is 0 Å². The Morgan fingerprint density at radius 1 is 0.299 bits per heavy atom. The first-order valence-electron chi connectivity index (χ1n) is 28.4. The Labute approximate surface area is 414 Å². The molecule has 0 saturated carbocycles. The van der Waals surface area contributed by atoms with Gasteiger partial charge in [-0.25, -0.2) is 0 Å². The second kappa shape index (κ2) is 55.4. The van der Waals surface area contributed by atoms with Crippen LogP contribution in [0.1, 0.15) is 278 Å². The summed E-state index contributed by atoms with van der Waals surface area (Å²) < 4.78 is 16.8. The molecule has 6 heteroatoms. The third-order valence-corrected chi connectivity index (χ3v) is 12.2. The van der Waals surface area contributed by atoms with Crippen LogP contribution in [0, 0.1) is 0 Å². The Morgan fingerprint density at radius 2 is 0.552 bits per heavy atom. The summed E-state index contributed by atoms with van der Waals surface area (Å²) in [7, 11) is 0. The molecule has 0 aliphatic carbocycles. The van der Waals surface area contributed by atoms with Crippen molar-refractivity contribution in [1.29, 1.82) is 0 Å². The van der Waals surface area contributed by atoms with E-state index in [-0.39, 0.29) is 37.5 Å². The highest BCUT2D eigenvalue weighted by molar-refractivity contribution is 5.71. The van der Waals surface area contributed by atoms with E-state index in [1.54, 1.807) is 0 Å². The van der Waals surface area contributed by atoms with E-state index in [1.807, 2.05) is 0 Å². The molecule has 0 bridgehead atoms. The molecule has 0 aromatic heterocycles. The van der Waals surface area contributed by atoms with Crippen LogP contribution in [0.3, 0.4) is 0 Å². The van der Waals surface area contributed by atoms with Crippen molar-refractivity contribution >= 4 is 17.9 Å². The molecular weight excluding hydrogens is 829 g/mol. The van der Waals surface area contributed by atoms with Crippen LogP contribution >= 0.6 is 0 Å². The van der Waals surface area contributed by atoms with Crippen molar-refractivity contribution in [2.24, 2.45) is 0 Å². The van der Waals surface area contributed by atoms with Crippen LogP contribution < -0.4 is 0 Å². The average Bonchev–Trinajstić information content (AvgIpc) is 3.33. The Kier molecular flexibility index (Phi) is 52.8. The van der Waals surface area contributed by atoms with Crippen LogP contribution in [0.4, 0.5) is 0 Å². The lowest BCUT2D eigenvalue weighted by Gasteiger charge is -2.18. The van der Waals surface area contributed by atoms with Gasteiger partial charge in [-0.3, -0.25) is 14.4 Å². The first kappa shape index (κ1) is 63.8. The van der Waals surface area contributed by atoms with E-state index in [9.17, 15) is 14.4 Å². The molecule has 386 valence electrons. The lowest BCUT2D eigenvalue weighted by Crippen LogP contribution is -2.30. The van der Waals surface area contributed by atoms with E-state index < -0.39 is 6.10 Å². The summed E-state index contributed by atoms with van der Waals surface area (Å²) in [5.41, 5.74) is 0. The normalized spacial score (nSPS) is 12.6. The highest BCUT2D eigenvalue weighted by Crippen LogP contribution is 2.15. The molecule has 0 radical (unpaired) electrons. The highest BCUT2D eigenvalue weighted by atomic mass is 16.6. The number of allylic oxidation sites excluding steroid dienone is 12. The van der Waals surface area contributed by atoms with Crippen LogP contribution in [0.5, 0.6) is 0 Å². The molecule has 0 saturated heterocycles. The summed E-state index contributed by atoms with van der Waals surface area (Å²) in [6.45, 7) is 6.55. The van der Waals surface area contributed by atoms with Crippen molar-refractivity contribution in [3.05, 3.63) is 72.9 Å². The topological polar surface area (TPSA) is 78.9 Å². The highest BCUT2D eigenvalue weighted by Gasteiger charge is 2.19. The minimum Gasteiger partial charge on any atom is -0.462 e. The molecule has 0 fully saturated rings. The van der Waals surface area contributed by atoms with Crippen LogP contribution in [0.15, 0.2) is 72.9 Å². The zero-order valence-corrected chi connectivity index (χ0v) is 44.2. The van der Waals surface area contributed by atoms with Crippen molar-refractivity contribution in [3.8, 4) is 0 Å². The van der Waals surface area contributed by atoms with Crippen molar-refractivity contribution < 1.29 is 28.6 Å². The molecule has 67 heavy (non-hydrogen) atoms. The Morgan fingerprint density at radius 3 is 0.925 bits per heavy atom. The molecule has 0 amide bonds. The fourth-order valence-corrected chi connectivity index (χ4v) is 7.88. The van der Waals surface area contributed by atoms with Gasteiger partial charge < -0.3 is 14.2 Å². The van der Waals surface area contributed by atoms with Gasteiger partial charge in [0, 0.05) is 19.3 Å². The number of ether oxygens (including phenoxy) is 3. The molecule has 0 spiro atoms. The third kappa shape index (κ3) is 53.7. The molecule has 0 aliphatic rings. The largest absolute Gasteiger partial charge is 0.462 e. The number of carbonyl (C=O) groups is 3. The number of rotatable bonds is 51. The number of hydrogen-bond donors (Lipinski definition) is 0. The zero-order valence-electron chi connectivity index (χ0n) is 44.2. The molecule has 0 unspecified atom stereocenters. The van der Waals surface area contributed by atoms with E-state index in [0.29, 0.717) is 19.3 Å². The first-order chi connectivity index (χ1) is 33.0. The SMILES string of the molecule is CCCCC/C=C\C/C=C\C/C=C\C/C=C\CCCC(=O)OC[C@@H](COC(=O)CCCCCCCCCCCCCCCCC)OC(=O)CCCCCCCCC/C=C\C/C=C\CCCCC. The first-order valence-corrected chi connectivity index (χ1v) is 28.4. The van der Waals surface area contributed by atoms with E-state index in [0.717, 1.165) is 77.0 Å². The Hall–Kier alpha value is -3.15.